The summed E-state index contributed by atoms with van der Waals surface area (Å²) in [7, 11) is 0. The zero-order chi connectivity index (χ0) is 17.9. The van der Waals surface area contributed by atoms with Crippen LogP contribution >= 0.6 is 11.8 Å². The maximum atomic E-state index is 13.1. The Bertz CT molecular complexity index is 937. The van der Waals surface area contributed by atoms with Crippen molar-refractivity contribution in [3.8, 4) is 11.1 Å². The molecule has 3 aromatic carbocycles. The molecule has 0 unspecified atom stereocenters. The smallest absolute Gasteiger partial charge is 0.178 e. The Morgan fingerprint density at radius 3 is 2.04 bits per heavy atom. The first kappa shape index (κ1) is 16.6. The second-order valence-corrected chi connectivity index (χ2v) is 7.33. The summed E-state index contributed by atoms with van der Waals surface area (Å²) < 4.78 is 0. The van der Waals surface area contributed by atoms with Gasteiger partial charge in [-0.3, -0.25) is 9.79 Å². The highest BCUT2D eigenvalue weighted by atomic mass is 32.2. The number of hydrogen-bond donors (Lipinski definition) is 1. The molecule has 4 heteroatoms. The molecule has 4 rings (SSSR count). The Kier molecular flexibility index (Phi) is 4.59. The SMILES string of the molecule is NC1=N[C@H](c2ccccc2)[C@H](C(=O)c2ccc(-c3ccccc3)cc2)S1. The van der Waals surface area contributed by atoms with E-state index in [0.717, 1.165) is 16.7 Å². The summed E-state index contributed by atoms with van der Waals surface area (Å²) in [5.74, 6) is 0.0627. The van der Waals surface area contributed by atoms with Crippen LogP contribution in [0.5, 0.6) is 0 Å². The van der Waals surface area contributed by atoms with Crippen LogP contribution in [0, 0.1) is 0 Å². The topological polar surface area (TPSA) is 55.4 Å². The van der Waals surface area contributed by atoms with E-state index in [-0.39, 0.29) is 17.1 Å². The van der Waals surface area contributed by atoms with Gasteiger partial charge in [-0.25, -0.2) is 0 Å². The largest absolute Gasteiger partial charge is 0.378 e. The molecule has 0 amide bonds. The predicted octanol–water partition coefficient (Wildman–Crippen LogP) is 4.71. The van der Waals surface area contributed by atoms with Gasteiger partial charge in [0.2, 0.25) is 0 Å². The standard InChI is InChI=1S/C22H18N2OS/c23-22-24-19(17-9-5-2-6-10-17)21(26-22)20(25)18-13-11-16(12-14-18)15-7-3-1-4-8-15/h1-14,19,21H,(H2,23,24)/t19-,21-/m1/s1. The van der Waals surface area contributed by atoms with Gasteiger partial charge in [0.25, 0.3) is 0 Å². The monoisotopic (exact) mass is 358 g/mol. The van der Waals surface area contributed by atoms with Crippen molar-refractivity contribution >= 4 is 22.7 Å². The van der Waals surface area contributed by atoms with Gasteiger partial charge >= 0.3 is 0 Å². The Morgan fingerprint density at radius 1 is 0.808 bits per heavy atom. The molecule has 0 aromatic heterocycles. The number of thioether (sulfide) groups is 1. The van der Waals surface area contributed by atoms with Crippen LogP contribution in [-0.2, 0) is 0 Å². The third kappa shape index (κ3) is 3.28. The lowest BCUT2D eigenvalue weighted by Crippen LogP contribution is -2.22. The third-order valence-electron chi connectivity index (χ3n) is 4.48. The van der Waals surface area contributed by atoms with Crippen LogP contribution in [-0.4, -0.2) is 16.2 Å². The number of amidine groups is 1. The van der Waals surface area contributed by atoms with Crippen molar-refractivity contribution in [3.63, 3.8) is 0 Å². The van der Waals surface area contributed by atoms with Gasteiger partial charge in [0.15, 0.2) is 11.0 Å². The molecular weight excluding hydrogens is 340 g/mol. The summed E-state index contributed by atoms with van der Waals surface area (Å²) in [5, 5.41) is 0.151. The summed E-state index contributed by atoms with van der Waals surface area (Å²) in [6.07, 6.45) is 0. The number of benzene rings is 3. The number of nitrogens with two attached hydrogens (primary N) is 1. The molecule has 2 N–H and O–H groups in total. The van der Waals surface area contributed by atoms with E-state index in [9.17, 15) is 4.79 Å². The fourth-order valence-electron chi connectivity index (χ4n) is 3.15. The molecule has 3 nitrogen and oxygen atoms in total. The molecule has 0 spiro atoms. The van der Waals surface area contributed by atoms with E-state index in [1.54, 1.807) is 0 Å². The molecule has 26 heavy (non-hydrogen) atoms. The van der Waals surface area contributed by atoms with Gasteiger partial charge in [0.05, 0.1) is 6.04 Å². The number of hydrogen-bond acceptors (Lipinski definition) is 4. The van der Waals surface area contributed by atoms with E-state index < -0.39 is 0 Å². The molecule has 1 aliphatic rings. The zero-order valence-corrected chi connectivity index (χ0v) is 14.9. The number of ketones is 1. The van der Waals surface area contributed by atoms with Crippen molar-refractivity contribution in [2.24, 2.45) is 10.7 Å². The van der Waals surface area contributed by atoms with Gasteiger partial charge < -0.3 is 5.73 Å². The molecule has 3 aromatic rings. The molecule has 0 bridgehead atoms. The van der Waals surface area contributed by atoms with Gasteiger partial charge in [0.1, 0.15) is 5.25 Å². The highest BCUT2D eigenvalue weighted by Crippen LogP contribution is 2.38. The minimum Gasteiger partial charge on any atom is -0.378 e. The fraction of sp³-hybridized carbons (Fsp3) is 0.0909. The number of carbonyl (C=O) groups is 1. The average molecular weight is 358 g/mol. The van der Waals surface area contributed by atoms with Crippen LogP contribution in [0.1, 0.15) is 22.0 Å². The fourth-order valence-corrected chi connectivity index (χ4v) is 4.17. The highest BCUT2D eigenvalue weighted by molar-refractivity contribution is 8.15. The molecule has 1 aliphatic heterocycles. The molecule has 0 fully saturated rings. The first-order valence-electron chi connectivity index (χ1n) is 8.47. The molecule has 0 aliphatic carbocycles. The van der Waals surface area contributed by atoms with E-state index in [1.165, 1.54) is 11.8 Å². The van der Waals surface area contributed by atoms with E-state index >= 15 is 0 Å². The Labute approximate surface area is 157 Å². The van der Waals surface area contributed by atoms with E-state index in [4.69, 9.17) is 5.73 Å². The van der Waals surface area contributed by atoms with Gasteiger partial charge in [-0.2, -0.15) is 0 Å². The second-order valence-electron chi connectivity index (χ2n) is 6.17. The minimum absolute atomic E-state index is 0.0627. The summed E-state index contributed by atoms with van der Waals surface area (Å²) >= 11 is 1.35. The maximum absolute atomic E-state index is 13.1. The first-order valence-corrected chi connectivity index (χ1v) is 9.35. The summed E-state index contributed by atoms with van der Waals surface area (Å²) in [6, 6.07) is 27.5. The van der Waals surface area contributed by atoms with Gasteiger partial charge in [-0.05, 0) is 16.7 Å². The highest BCUT2D eigenvalue weighted by Gasteiger charge is 2.36. The van der Waals surface area contributed by atoms with Crippen molar-refractivity contribution < 1.29 is 4.79 Å². The maximum Gasteiger partial charge on any atom is 0.178 e. The number of aliphatic imine (C=N–C) groups is 1. The first-order chi connectivity index (χ1) is 12.7. The second kappa shape index (κ2) is 7.18. The molecule has 128 valence electrons. The molecule has 0 saturated heterocycles. The predicted molar refractivity (Wildman–Crippen MR) is 108 cm³/mol. The number of rotatable bonds is 4. The van der Waals surface area contributed by atoms with Crippen molar-refractivity contribution in [2.45, 2.75) is 11.3 Å². The van der Waals surface area contributed by atoms with Crippen molar-refractivity contribution in [2.75, 3.05) is 0 Å². The van der Waals surface area contributed by atoms with Crippen molar-refractivity contribution in [1.82, 2.24) is 0 Å². The molecule has 0 radical (unpaired) electrons. The molecular formula is C22H18N2OS. The van der Waals surface area contributed by atoms with Crippen LogP contribution in [0.25, 0.3) is 11.1 Å². The van der Waals surface area contributed by atoms with E-state index in [1.807, 2.05) is 72.8 Å². The van der Waals surface area contributed by atoms with Crippen LogP contribution in [0.2, 0.25) is 0 Å². The summed E-state index contributed by atoms with van der Waals surface area (Å²) in [5.41, 5.74) is 9.86. The lowest BCUT2D eigenvalue weighted by molar-refractivity contribution is 0.0983. The Morgan fingerprint density at radius 2 is 1.38 bits per heavy atom. The summed E-state index contributed by atoms with van der Waals surface area (Å²) in [4.78, 5) is 17.6. The van der Waals surface area contributed by atoms with Crippen LogP contribution < -0.4 is 5.73 Å². The lowest BCUT2D eigenvalue weighted by atomic mass is 9.96. The normalized spacial score (nSPS) is 19.2. The number of nitrogens with zero attached hydrogens (tertiary/aromatic N) is 1. The summed E-state index contributed by atoms with van der Waals surface area (Å²) in [6.45, 7) is 0. The average Bonchev–Trinajstić information content (AvgIpc) is 3.11. The van der Waals surface area contributed by atoms with Crippen LogP contribution in [0.3, 0.4) is 0 Å². The van der Waals surface area contributed by atoms with E-state index in [2.05, 4.69) is 17.1 Å². The molecule has 1 heterocycles. The minimum atomic E-state index is -0.319. The van der Waals surface area contributed by atoms with Crippen LogP contribution in [0.15, 0.2) is 89.9 Å². The Balaban J connectivity index is 1.59. The zero-order valence-electron chi connectivity index (χ0n) is 14.1. The number of carbonyl (C=O) groups excluding carboxylic acids is 1. The van der Waals surface area contributed by atoms with Crippen molar-refractivity contribution in [1.29, 1.82) is 0 Å². The van der Waals surface area contributed by atoms with Gasteiger partial charge in [0, 0.05) is 5.56 Å². The quantitative estimate of drug-likeness (QED) is 0.687. The Hall–Kier alpha value is -2.85. The molecule has 0 saturated carbocycles. The third-order valence-corrected chi connectivity index (χ3v) is 5.55. The van der Waals surface area contributed by atoms with Crippen LogP contribution in [0.4, 0.5) is 0 Å². The van der Waals surface area contributed by atoms with E-state index in [0.29, 0.717) is 10.7 Å². The lowest BCUT2D eigenvalue weighted by Gasteiger charge is -2.16. The molecule has 2 atom stereocenters. The van der Waals surface area contributed by atoms with Gasteiger partial charge in [-0.1, -0.05) is 96.7 Å². The number of Topliss-reactive ketones (excluding diaryl/α,β-unsaturated/α-hetero) is 1. The van der Waals surface area contributed by atoms with Gasteiger partial charge in [-0.15, -0.1) is 0 Å². The van der Waals surface area contributed by atoms with Crippen molar-refractivity contribution in [3.05, 3.63) is 96.1 Å².